The van der Waals surface area contributed by atoms with Gasteiger partial charge in [-0.3, -0.25) is 5.10 Å². The monoisotopic (exact) mass is 257 g/mol. The second-order valence-electron chi connectivity index (χ2n) is 4.66. The molecular formula is C13H15N5O. The Bertz CT molecular complexity index is 634. The number of carbonyl (C=O) groups is 1. The van der Waals surface area contributed by atoms with Crippen molar-refractivity contribution < 1.29 is 4.79 Å². The quantitative estimate of drug-likeness (QED) is 0.767. The number of aromatic amines is 1. The van der Waals surface area contributed by atoms with Crippen LogP contribution in [-0.2, 0) is 13.1 Å². The van der Waals surface area contributed by atoms with Crippen LogP contribution < -0.4 is 11.1 Å². The zero-order valence-electron chi connectivity index (χ0n) is 10.6. The molecule has 1 aromatic carbocycles. The summed E-state index contributed by atoms with van der Waals surface area (Å²) in [5, 5.41) is 10.5. The number of urea groups is 1. The molecule has 3 rings (SSSR count). The minimum Gasteiger partial charge on any atom is -0.351 e. The standard InChI is InChI=1S/C13H15N5O/c1-8-4-2-3-5-10(8)15-12-9-6-18(13(14)19)7-11(9)16-17-12/h2-5H,6-7H2,1H3,(H2,14,19)(H2,15,16,17). The number of hydrogen-bond acceptors (Lipinski definition) is 3. The fourth-order valence-electron chi connectivity index (χ4n) is 2.24. The Morgan fingerprint density at radius 3 is 2.95 bits per heavy atom. The summed E-state index contributed by atoms with van der Waals surface area (Å²) in [7, 11) is 0. The largest absolute Gasteiger partial charge is 0.351 e. The molecule has 0 unspecified atom stereocenters. The molecule has 6 heteroatoms. The van der Waals surface area contributed by atoms with Crippen LogP contribution in [0.2, 0.25) is 0 Å². The Morgan fingerprint density at radius 1 is 1.42 bits per heavy atom. The van der Waals surface area contributed by atoms with E-state index in [0.29, 0.717) is 13.1 Å². The number of amides is 2. The van der Waals surface area contributed by atoms with Gasteiger partial charge in [-0.15, -0.1) is 0 Å². The summed E-state index contributed by atoms with van der Waals surface area (Å²) < 4.78 is 0. The van der Waals surface area contributed by atoms with E-state index in [1.807, 2.05) is 31.2 Å². The van der Waals surface area contributed by atoms with E-state index in [-0.39, 0.29) is 0 Å². The van der Waals surface area contributed by atoms with Crippen molar-refractivity contribution in [3.63, 3.8) is 0 Å². The third-order valence-electron chi connectivity index (χ3n) is 3.36. The molecule has 1 aromatic heterocycles. The van der Waals surface area contributed by atoms with Crippen molar-refractivity contribution in [2.75, 3.05) is 5.32 Å². The van der Waals surface area contributed by atoms with E-state index in [2.05, 4.69) is 15.5 Å². The first-order valence-corrected chi connectivity index (χ1v) is 6.08. The van der Waals surface area contributed by atoms with Gasteiger partial charge in [0.15, 0.2) is 5.82 Å². The molecule has 0 bridgehead atoms. The Morgan fingerprint density at radius 2 is 2.21 bits per heavy atom. The number of aryl methyl sites for hydroxylation is 1. The topological polar surface area (TPSA) is 87.0 Å². The van der Waals surface area contributed by atoms with Crippen LogP contribution in [-0.4, -0.2) is 21.1 Å². The highest BCUT2D eigenvalue weighted by Gasteiger charge is 2.26. The first-order chi connectivity index (χ1) is 9.15. The highest BCUT2D eigenvalue weighted by atomic mass is 16.2. The smallest absolute Gasteiger partial charge is 0.315 e. The summed E-state index contributed by atoms with van der Waals surface area (Å²) in [6, 6.07) is 7.58. The molecule has 2 aromatic rings. The van der Waals surface area contributed by atoms with Gasteiger partial charge in [-0.25, -0.2) is 4.79 Å². The van der Waals surface area contributed by atoms with E-state index in [4.69, 9.17) is 5.73 Å². The highest BCUT2D eigenvalue weighted by Crippen LogP contribution is 2.29. The molecule has 0 spiro atoms. The SMILES string of the molecule is Cc1ccccc1Nc1n[nH]c2c1CN(C(N)=O)C2. The molecule has 0 atom stereocenters. The highest BCUT2D eigenvalue weighted by molar-refractivity contribution is 5.74. The zero-order chi connectivity index (χ0) is 13.4. The van der Waals surface area contributed by atoms with Crippen LogP contribution in [0.5, 0.6) is 0 Å². The van der Waals surface area contributed by atoms with E-state index < -0.39 is 6.03 Å². The zero-order valence-corrected chi connectivity index (χ0v) is 10.6. The second kappa shape index (κ2) is 4.31. The number of para-hydroxylation sites is 1. The summed E-state index contributed by atoms with van der Waals surface area (Å²) in [6.45, 7) is 3.02. The Kier molecular flexibility index (Phi) is 2.63. The number of carbonyl (C=O) groups excluding carboxylic acids is 1. The molecule has 0 aliphatic carbocycles. The third-order valence-corrected chi connectivity index (χ3v) is 3.36. The number of H-pyrrole nitrogens is 1. The molecule has 6 nitrogen and oxygen atoms in total. The van der Waals surface area contributed by atoms with Crippen LogP contribution in [0.3, 0.4) is 0 Å². The van der Waals surface area contributed by atoms with Gasteiger partial charge in [-0.1, -0.05) is 18.2 Å². The van der Waals surface area contributed by atoms with Crippen LogP contribution in [0, 0.1) is 6.92 Å². The van der Waals surface area contributed by atoms with Crippen molar-refractivity contribution in [1.82, 2.24) is 15.1 Å². The van der Waals surface area contributed by atoms with Crippen molar-refractivity contribution in [3.8, 4) is 0 Å². The maximum atomic E-state index is 11.2. The predicted molar refractivity (Wildman–Crippen MR) is 71.9 cm³/mol. The van der Waals surface area contributed by atoms with E-state index in [1.54, 1.807) is 4.90 Å². The van der Waals surface area contributed by atoms with Crippen LogP contribution in [0.4, 0.5) is 16.3 Å². The van der Waals surface area contributed by atoms with Gasteiger partial charge in [0, 0.05) is 11.3 Å². The van der Waals surface area contributed by atoms with Crippen molar-refractivity contribution >= 4 is 17.5 Å². The molecule has 4 N–H and O–H groups in total. The molecular weight excluding hydrogens is 242 g/mol. The van der Waals surface area contributed by atoms with Crippen molar-refractivity contribution in [1.29, 1.82) is 0 Å². The number of fused-ring (bicyclic) bond motifs is 1. The predicted octanol–water partition coefficient (Wildman–Crippen LogP) is 1.86. The normalized spacial score (nSPS) is 13.4. The molecule has 98 valence electrons. The van der Waals surface area contributed by atoms with E-state index in [9.17, 15) is 4.79 Å². The molecule has 19 heavy (non-hydrogen) atoms. The number of nitrogens with one attached hydrogen (secondary N) is 2. The van der Waals surface area contributed by atoms with Crippen molar-refractivity contribution in [2.24, 2.45) is 5.73 Å². The minimum absolute atomic E-state index is 0.411. The van der Waals surface area contributed by atoms with Crippen LogP contribution in [0.25, 0.3) is 0 Å². The lowest BCUT2D eigenvalue weighted by Gasteiger charge is -2.12. The summed E-state index contributed by atoms with van der Waals surface area (Å²) in [5.41, 5.74) is 9.39. The molecule has 0 saturated carbocycles. The van der Waals surface area contributed by atoms with E-state index in [1.165, 1.54) is 0 Å². The molecule has 1 aliphatic heterocycles. The molecule has 0 saturated heterocycles. The van der Waals surface area contributed by atoms with Gasteiger partial charge in [0.1, 0.15) is 0 Å². The van der Waals surface area contributed by atoms with E-state index >= 15 is 0 Å². The van der Waals surface area contributed by atoms with Crippen LogP contribution >= 0.6 is 0 Å². The van der Waals surface area contributed by atoms with Gasteiger partial charge in [0.05, 0.1) is 18.8 Å². The fraction of sp³-hybridized carbons (Fsp3) is 0.231. The average Bonchev–Trinajstić information content (AvgIpc) is 2.94. The van der Waals surface area contributed by atoms with Crippen molar-refractivity contribution in [3.05, 3.63) is 41.1 Å². The summed E-state index contributed by atoms with van der Waals surface area (Å²) in [4.78, 5) is 12.8. The summed E-state index contributed by atoms with van der Waals surface area (Å²) in [5.74, 6) is 0.757. The van der Waals surface area contributed by atoms with Gasteiger partial charge in [0.2, 0.25) is 0 Å². The van der Waals surface area contributed by atoms with Crippen LogP contribution in [0.15, 0.2) is 24.3 Å². The van der Waals surface area contributed by atoms with Gasteiger partial charge in [0.25, 0.3) is 0 Å². The van der Waals surface area contributed by atoms with Gasteiger partial charge in [-0.05, 0) is 18.6 Å². The Hall–Kier alpha value is -2.50. The lowest BCUT2D eigenvalue weighted by Crippen LogP contribution is -2.31. The van der Waals surface area contributed by atoms with Crippen LogP contribution in [0.1, 0.15) is 16.8 Å². The summed E-state index contributed by atoms with van der Waals surface area (Å²) >= 11 is 0. The number of rotatable bonds is 2. The van der Waals surface area contributed by atoms with Gasteiger partial charge in [-0.2, -0.15) is 5.10 Å². The van der Waals surface area contributed by atoms with Gasteiger partial charge < -0.3 is 16.0 Å². The number of aromatic nitrogens is 2. The number of hydrogen-bond donors (Lipinski definition) is 3. The maximum absolute atomic E-state index is 11.2. The lowest BCUT2D eigenvalue weighted by atomic mass is 10.2. The van der Waals surface area contributed by atoms with Gasteiger partial charge >= 0.3 is 6.03 Å². The first kappa shape index (κ1) is 11.6. The first-order valence-electron chi connectivity index (χ1n) is 6.08. The Balaban J connectivity index is 1.86. The number of nitrogens with zero attached hydrogens (tertiary/aromatic N) is 2. The summed E-state index contributed by atoms with van der Waals surface area (Å²) in [6.07, 6.45) is 0. The molecule has 2 heterocycles. The molecule has 1 aliphatic rings. The number of benzene rings is 1. The molecule has 2 amide bonds. The number of nitrogens with two attached hydrogens (primary N) is 1. The molecule has 0 fully saturated rings. The minimum atomic E-state index is -0.411. The molecule has 0 radical (unpaired) electrons. The number of anilines is 2. The third kappa shape index (κ3) is 2.01. The number of primary amides is 1. The van der Waals surface area contributed by atoms with Crippen molar-refractivity contribution in [2.45, 2.75) is 20.0 Å². The average molecular weight is 257 g/mol. The Labute approximate surface area is 110 Å². The second-order valence-corrected chi connectivity index (χ2v) is 4.66. The lowest BCUT2D eigenvalue weighted by molar-refractivity contribution is 0.208. The fourth-order valence-corrected chi connectivity index (χ4v) is 2.24. The maximum Gasteiger partial charge on any atom is 0.315 e. The van der Waals surface area contributed by atoms with E-state index in [0.717, 1.165) is 28.3 Å².